The van der Waals surface area contributed by atoms with E-state index >= 15 is 0 Å². The topological polar surface area (TPSA) is 6.48 Å². The number of nitrogens with zero attached hydrogens (tertiary/aromatic N) is 2. The Labute approximate surface area is 386 Å². The predicted octanol–water partition coefficient (Wildman–Crippen LogP) is 17.7. The highest BCUT2D eigenvalue weighted by atomic mass is 15.2. The van der Waals surface area contributed by atoms with E-state index in [1.54, 1.807) is 0 Å². The van der Waals surface area contributed by atoms with Gasteiger partial charge >= 0.3 is 0 Å². The van der Waals surface area contributed by atoms with Gasteiger partial charge in [0.15, 0.2) is 0 Å². The summed E-state index contributed by atoms with van der Waals surface area (Å²) in [6.07, 6.45) is 4.75. The fourth-order valence-corrected chi connectivity index (χ4v) is 11.9. The van der Waals surface area contributed by atoms with Gasteiger partial charge in [0.05, 0.1) is 22.7 Å². The Morgan fingerprint density at radius 2 is 0.969 bits per heavy atom. The molecule has 330 valence electrons. The number of hydrogen-bond donors (Lipinski definition) is 0. The Hall–Kier alpha value is -5.08. The van der Waals surface area contributed by atoms with Gasteiger partial charge in [-0.25, -0.2) is 0 Å². The molecule has 2 heterocycles. The van der Waals surface area contributed by atoms with Crippen LogP contribution in [0.25, 0.3) is 11.1 Å². The van der Waals surface area contributed by atoms with Crippen LogP contribution in [-0.4, -0.2) is 0 Å². The van der Waals surface area contributed by atoms with Crippen molar-refractivity contribution in [2.24, 2.45) is 0 Å². The van der Waals surface area contributed by atoms with Crippen LogP contribution in [0.15, 0.2) is 109 Å². The summed E-state index contributed by atoms with van der Waals surface area (Å²) in [5, 5.41) is 0. The van der Waals surface area contributed by atoms with Crippen LogP contribution >= 0.6 is 0 Å². The van der Waals surface area contributed by atoms with Gasteiger partial charge in [0.25, 0.3) is 0 Å². The fourth-order valence-electron chi connectivity index (χ4n) is 11.9. The normalized spacial score (nSPS) is 19.8. The molecule has 0 saturated heterocycles. The van der Waals surface area contributed by atoms with Gasteiger partial charge in [0.1, 0.15) is 0 Å². The zero-order valence-corrected chi connectivity index (χ0v) is 41.7. The van der Waals surface area contributed by atoms with Crippen LogP contribution < -0.4 is 9.80 Å². The molecular weight excluding hydrogens is 773 g/mol. The number of benzene rings is 6. The highest BCUT2D eigenvalue weighted by molar-refractivity contribution is 5.98. The molecule has 2 aliphatic heterocycles. The molecule has 64 heavy (non-hydrogen) atoms. The van der Waals surface area contributed by atoms with Gasteiger partial charge in [-0.1, -0.05) is 164 Å². The number of rotatable bonds is 3. The molecule has 4 aliphatic rings. The lowest BCUT2D eigenvalue weighted by atomic mass is 9.61. The molecule has 1 unspecified atom stereocenters. The summed E-state index contributed by atoms with van der Waals surface area (Å²) in [6.45, 7) is 36.3. The molecule has 0 bridgehead atoms. The van der Waals surface area contributed by atoms with Gasteiger partial charge in [0.2, 0.25) is 0 Å². The van der Waals surface area contributed by atoms with E-state index in [-0.39, 0.29) is 38.4 Å². The lowest BCUT2D eigenvalue weighted by molar-refractivity contribution is 0.331. The van der Waals surface area contributed by atoms with Gasteiger partial charge in [0, 0.05) is 22.9 Å². The lowest BCUT2D eigenvalue weighted by Crippen LogP contribution is -2.36. The van der Waals surface area contributed by atoms with Crippen molar-refractivity contribution in [2.45, 2.75) is 168 Å². The SMILES string of the molecule is Cc1cc(C(C)(C)C)ccc1N1c2cc(-c3ccccc3)ccc2C2c3cc4c(cc3N(c3ccc5c(c3)C(C)(C)CCC5(C)C)c3cc(C(C)(C)C)cc1c32)C(C)(C)CCC4(C)C. The minimum absolute atomic E-state index is 0.0460. The highest BCUT2D eigenvalue weighted by Gasteiger charge is 2.46. The smallest absolute Gasteiger partial charge is 0.0527 e. The first-order valence-corrected chi connectivity index (χ1v) is 24.3. The summed E-state index contributed by atoms with van der Waals surface area (Å²) in [5.74, 6) is 0.0506. The van der Waals surface area contributed by atoms with Crippen molar-refractivity contribution in [3.05, 3.63) is 165 Å². The molecule has 2 heteroatoms. The van der Waals surface area contributed by atoms with Crippen molar-refractivity contribution in [3.63, 3.8) is 0 Å². The highest BCUT2D eigenvalue weighted by Crippen LogP contribution is 2.64. The first kappa shape index (κ1) is 42.8. The summed E-state index contributed by atoms with van der Waals surface area (Å²) < 4.78 is 0. The molecule has 2 nitrogen and oxygen atoms in total. The van der Waals surface area contributed by atoms with Crippen LogP contribution in [0.2, 0.25) is 0 Å². The van der Waals surface area contributed by atoms with Crippen molar-refractivity contribution in [3.8, 4) is 11.1 Å². The van der Waals surface area contributed by atoms with Crippen LogP contribution in [0.4, 0.5) is 34.1 Å². The number of anilines is 6. The van der Waals surface area contributed by atoms with Crippen LogP contribution in [0.1, 0.15) is 184 Å². The van der Waals surface area contributed by atoms with Gasteiger partial charge in [-0.05, 0) is 169 Å². The maximum Gasteiger partial charge on any atom is 0.0527 e. The molecule has 0 spiro atoms. The second-order valence-corrected chi connectivity index (χ2v) is 24.9. The number of hydrogen-bond acceptors (Lipinski definition) is 2. The summed E-state index contributed by atoms with van der Waals surface area (Å²) in [6, 6.07) is 43.6. The minimum Gasteiger partial charge on any atom is -0.310 e. The number of fused-ring (bicyclic) bond motifs is 6. The average molecular weight is 845 g/mol. The third kappa shape index (κ3) is 6.62. The number of aryl methyl sites for hydroxylation is 1. The molecule has 0 N–H and O–H groups in total. The van der Waals surface area contributed by atoms with E-state index in [0.717, 1.165) is 0 Å². The summed E-state index contributed by atoms with van der Waals surface area (Å²) in [4.78, 5) is 5.37. The predicted molar refractivity (Wildman–Crippen MR) is 275 cm³/mol. The first-order chi connectivity index (χ1) is 29.9. The largest absolute Gasteiger partial charge is 0.310 e. The summed E-state index contributed by atoms with van der Waals surface area (Å²) in [7, 11) is 0. The van der Waals surface area contributed by atoms with E-state index in [1.165, 1.54) is 127 Å². The van der Waals surface area contributed by atoms with Crippen molar-refractivity contribution < 1.29 is 0 Å². The van der Waals surface area contributed by atoms with Crippen molar-refractivity contribution in [1.82, 2.24) is 0 Å². The maximum absolute atomic E-state index is 2.72. The average Bonchev–Trinajstić information content (AvgIpc) is 3.23. The molecular formula is C62H72N2. The Balaban J connectivity index is 1.35. The lowest BCUT2D eigenvalue weighted by Gasteiger charge is -2.49. The van der Waals surface area contributed by atoms with Crippen molar-refractivity contribution in [2.75, 3.05) is 9.80 Å². The Morgan fingerprint density at radius 3 is 1.56 bits per heavy atom. The molecule has 6 aromatic carbocycles. The first-order valence-electron chi connectivity index (χ1n) is 24.3. The van der Waals surface area contributed by atoms with Crippen LogP contribution in [0.3, 0.4) is 0 Å². The molecule has 0 amide bonds. The van der Waals surface area contributed by atoms with Crippen LogP contribution in [0, 0.1) is 6.92 Å². The van der Waals surface area contributed by atoms with E-state index in [0.29, 0.717) is 0 Å². The van der Waals surface area contributed by atoms with E-state index in [9.17, 15) is 0 Å². The van der Waals surface area contributed by atoms with Crippen LogP contribution in [0.5, 0.6) is 0 Å². The quantitative estimate of drug-likeness (QED) is 0.175. The summed E-state index contributed by atoms with van der Waals surface area (Å²) >= 11 is 0. The molecule has 2 aliphatic carbocycles. The van der Waals surface area contributed by atoms with Gasteiger partial charge in [-0.3, -0.25) is 0 Å². The molecule has 0 aromatic heterocycles. The monoisotopic (exact) mass is 845 g/mol. The van der Waals surface area contributed by atoms with Crippen molar-refractivity contribution in [1.29, 1.82) is 0 Å². The van der Waals surface area contributed by atoms with Gasteiger partial charge < -0.3 is 9.80 Å². The van der Waals surface area contributed by atoms with Crippen LogP contribution in [-0.2, 0) is 32.5 Å². The van der Waals surface area contributed by atoms with Gasteiger partial charge in [-0.15, -0.1) is 0 Å². The third-order valence-corrected chi connectivity index (χ3v) is 16.4. The van der Waals surface area contributed by atoms with E-state index in [2.05, 4.69) is 223 Å². The second kappa shape index (κ2) is 14.0. The standard InChI is InChI=1S/C62H72N2/c1-38-31-41(57(2,3)4)22-26-50(38)64-51-32-40(39-19-17-16-18-20-39)21-24-44(51)55-45-36-48-49(62(14,15)30-29-61(48,12)13)37-52(45)63(53-33-42(58(5,6)7)34-54(64)56(53)55)43-23-25-46-47(35-43)60(10,11)28-27-59(46,8)9/h16-26,31-37,55H,27-30H2,1-15H3. The van der Waals surface area contributed by atoms with E-state index in [4.69, 9.17) is 0 Å². The second-order valence-electron chi connectivity index (χ2n) is 24.9. The Morgan fingerprint density at radius 1 is 0.422 bits per heavy atom. The third-order valence-electron chi connectivity index (χ3n) is 16.4. The molecule has 0 saturated carbocycles. The maximum atomic E-state index is 2.72. The van der Waals surface area contributed by atoms with Gasteiger partial charge in [-0.2, -0.15) is 0 Å². The summed E-state index contributed by atoms with van der Waals surface area (Å²) in [5.41, 5.74) is 24.8. The molecule has 1 atom stereocenters. The van der Waals surface area contributed by atoms with Crippen molar-refractivity contribution >= 4 is 34.1 Å². The Kier molecular flexibility index (Phi) is 9.35. The molecule has 0 radical (unpaired) electrons. The molecule has 6 aromatic rings. The van der Waals surface area contributed by atoms with E-state index in [1.807, 2.05) is 0 Å². The zero-order valence-electron chi connectivity index (χ0n) is 41.7. The fraction of sp³-hybridized carbons (Fsp3) is 0.419. The molecule has 10 rings (SSSR count). The van der Waals surface area contributed by atoms with E-state index < -0.39 is 0 Å². The molecule has 0 fully saturated rings. The minimum atomic E-state index is -0.0975. The Bertz CT molecular complexity index is 2870. The zero-order chi connectivity index (χ0) is 45.7.